The molecule has 0 aliphatic carbocycles. The molecule has 0 radical (unpaired) electrons. The van der Waals surface area contributed by atoms with Crippen molar-refractivity contribution in [1.82, 2.24) is 10.2 Å². The summed E-state index contributed by atoms with van der Waals surface area (Å²) in [7, 11) is -2.74. The van der Waals surface area contributed by atoms with E-state index < -0.39 is 33.5 Å². The number of sulfone groups is 1. The second kappa shape index (κ2) is 5.09. The van der Waals surface area contributed by atoms with Gasteiger partial charge in [0.25, 0.3) is 23.6 Å². The molecular formula is C17H10N2O6S. The first-order valence-electron chi connectivity index (χ1n) is 7.43. The van der Waals surface area contributed by atoms with Crippen molar-refractivity contribution in [2.24, 2.45) is 0 Å². The van der Waals surface area contributed by atoms with E-state index in [4.69, 9.17) is 0 Å². The van der Waals surface area contributed by atoms with Crippen LogP contribution < -0.4 is 5.32 Å². The van der Waals surface area contributed by atoms with Crippen molar-refractivity contribution in [2.75, 3.05) is 7.05 Å². The number of hydrogen-bond acceptors (Lipinski definition) is 6. The summed E-state index contributed by atoms with van der Waals surface area (Å²) in [5.41, 5.74) is 0.219. The number of nitrogens with zero attached hydrogens (tertiary/aromatic N) is 1. The average molecular weight is 370 g/mol. The lowest BCUT2D eigenvalue weighted by molar-refractivity contribution is 0.0691. The molecule has 2 aliphatic heterocycles. The maximum absolute atomic E-state index is 12.9. The molecule has 4 rings (SSSR count). The van der Waals surface area contributed by atoms with Crippen LogP contribution in [0.4, 0.5) is 0 Å². The third-order valence-electron chi connectivity index (χ3n) is 4.39. The summed E-state index contributed by atoms with van der Waals surface area (Å²) in [5, 5.41) is 2.09. The number of benzene rings is 2. The number of amides is 4. The second-order valence-corrected chi connectivity index (χ2v) is 7.82. The minimum Gasteiger partial charge on any atom is -0.288 e. The normalized spacial score (nSPS) is 16.0. The maximum Gasteiger partial charge on any atom is 0.261 e. The molecule has 4 amide bonds. The third kappa shape index (κ3) is 2.04. The highest BCUT2D eigenvalue weighted by Gasteiger charge is 2.35. The van der Waals surface area contributed by atoms with E-state index in [-0.39, 0.29) is 32.0 Å². The van der Waals surface area contributed by atoms with Gasteiger partial charge in [-0.2, -0.15) is 0 Å². The van der Waals surface area contributed by atoms with Crippen LogP contribution in [-0.4, -0.2) is 44.0 Å². The fraction of sp³-hybridized carbons (Fsp3) is 0.0588. The van der Waals surface area contributed by atoms with Gasteiger partial charge in [-0.25, -0.2) is 8.42 Å². The van der Waals surface area contributed by atoms with Crippen molar-refractivity contribution in [3.8, 4) is 0 Å². The van der Waals surface area contributed by atoms with E-state index in [1.807, 2.05) is 0 Å². The predicted molar refractivity (Wildman–Crippen MR) is 86.6 cm³/mol. The molecule has 2 aromatic rings. The van der Waals surface area contributed by atoms with Crippen LogP contribution in [0.2, 0.25) is 0 Å². The van der Waals surface area contributed by atoms with Gasteiger partial charge in [0.15, 0.2) is 0 Å². The van der Waals surface area contributed by atoms with Gasteiger partial charge in [0, 0.05) is 7.05 Å². The fourth-order valence-corrected chi connectivity index (χ4v) is 4.27. The van der Waals surface area contributed by atoms with E-state index in [9.17, 15) is 27.6 Å². The van der Waals surface area contributed by atoms with E-state index >= 15 is 0 Å². The number of carbonyl (C=O) groups excluding carboxylic acids is 4. The second-order valence-electron chi connectivity index (χ2n) is 5.87. The molecule has 0 aromatic heterocycles. The number of fused-ring (bicyclic) bond motifs is 2. The van der Waals surface area contributed by atoms with Crippen molar-refractivity contribution >= 4 is 33.5 Å². The highest BCUT2D eigenvalue weighted by atomic mass is 32.2. The van der Waals surface area contributed by atoms with Crippen molar-refractivity contribution in [3.05, 3.63) is 58.7 Å². The highest BCUT2D eigenvalue weighted by molar-refractivity contribution is 7.91. The van der Waals surface area contributed by atoms with Crippen molar-refractivity contribution in [2.45, 2.75) is 9.79 Å². The van der Waals surface area contributed by atoms with Crippen LogP contribution in [0.5, 0.6) is 0 Å². The molecule has 0 fully saturated rings. The van der Waals surface area contributed by atoms with Crippen LogP contribution in [0.15, 0.2) is 46.2 Å². The number of hydrogen-bond donors (Lipinski definition) is 1. The van der Waals surface area contributed by atoms with Crippen molar-refractivity contribution < 1.29 is 27.6 Å². The lowest BCUT2D eigenvalue weighted by Gasteiger charge is -2.07. The van der Waals surface area contributed by atoms with Gasteiger partial charge in [0.1, 0.15) is 0 Å². The summed E-state index contributed by atoms with van der Waals surface area (Å²) in [4.78, 5) is 47.8. The van der Waals surface area contributed by atoms with Gasteiger partial charge in [-0.3, -0.25) is 29.4 Å². The Morgan fingerprint density at radius 1 is 0.731 bits per heavy atom. The first kappa shape index (κ1) is 16.2. The quantitative estimate of drug-likeness (QED) is 0.775. The van der Waals surface area contributed by atoms with E-state index in [0.717, 1.165) is 17.0 Å². The molecule has 0 saturated carbocycles. The summed E-state index contributed by atoms with van der Waals surface area (Å²) in [6, 6.07) is 7.27. The first-order valence-corrected chi connectivity index (χ1v) is 8.91. The molecule has 0 saturated heterocycles. The fourth-order valence-electron chi connectivity index (χ4n) is 2.96. The van der Waals surface area contributed by atoms with E-state index in [1.165, 1.54) is 31.3 Å². The molecular weight excluding hydrogens is 360 g/mol. The minimum absolute atomic E-state index is 0.00709. The minimum atomic E-state index is -4.05. The van der Waals surface area contributed by atoms with E-state index in [2.05, 4.69) is 5.32 Å². The maximum atomic E-state index is 12.9. The Hall–Kier alpha value is -3.33. The molecule has 26 heavy (non-hydrogen) atoms. The number of nitrogens with one attached hydrogen (secondary N) is 1. The van der Waals surface area contributed by atoms with Crippen LogP contribution >= 0.6 is 0 Å². The Kier molecular flexibility index (Phi) is 3.16. The van der Waals surface area contributed by atoms with Gasteiger partial charge >= 0.3 is 0 Å². The standard InChI is InChI=1S/C17H10N2O6S/c1-19-16(22)11-5-3-9(7-13(11)17(19)23)26(24,25)8-2-4-10-12(6-8)15(21)18-14(10)20/h2-7H,1H3,(H,18,20,21). The Morgan fingerprint density at radius 3 is 1.88 bits per heavy atom. The molecule has 0 atom stereocenters. The number of imide groups is 2. The summed E-state index contributed by atoms with van der Waals surface area (Å²) in [6.45, 7) is 0. The lowest BCUT2D eigenvalue weighted by Crippen LogP contribution is -2.24. The first-order chi connectivity index (χ1) is 12.2. The van der Waals surface area contributed by atoms with Crippen LogP contribution in [0.3, 0.4) is 0 Å². The molecule has 130 valence electrons. The topological polar surface area (TPSA) is 118 Å². The molecule has 8 nitrogen and oxygen atoms in total. The molecule has 1 N–H and O–H groups in total. The van der Waals surface area contributed by atoms with Crippen LogP contribution in [0.25, 0.3) is 0 Å². The summed E-state index contributed by atoms with van der Waals surface area (Å²) in [6.07, 6.45) is 0. The predicted octanol–water partition coefficient (Wildman–Crippen LogP) is 0.629. The van der Waals surface area contributed by atoms with Gasteiger partial charge in [-0.1, -0.05) is 0 Å². The largest absolute Gasteiger partial charge is 0.288 e. The summed E-state index contributed by atoms with van der Waals surface area (Å²) in [5.74, 6) is -2.33. The van der Waals surface area contributed by atoms with Crippen LogP contribution in [-0.2, 0) is 9.84 Å². The zero-order valence-electron chi connectivity index (χ0n) is 13.3. The molecule has 0 spiro atoms. The molecule has 2 aromatic carbocycles. The monoisotopic (exact) mass is 370 g/mol. The SMILES string of the molecule is CN1C(=O)c2ccc(S(=O)(=O)c3ccc4c(c3)C(=O)NC4=O)cc2C1=O. The zero-order chi connectivity index (χ0) is 18.8. The van der Waals surface area contributed by atoms with Crippen LogP contribution in [0, 0.1) is 0 Å². The van der Waals surface area contributed by atoms with E-state index in [1.54, 1.807) is 0 Å². The smallest absolute Gasteiger partial charge is 0.261 e. The molecule has 2 aliphatic rings. The zero-order valence-corrected chi connectivity index (χ0v) is 14.1. The van der Waals surface area contributed by atoms with Crippen molar-refractivity contribution in [3.63, 3.8) is 0 Å². The third-order valence-corrected chi connectivity index (χ3v) is 6.14. The van der Waals surface area contributed by atoms with Gasteiger partial charge in [-0.05, 0) is 36.4 Å². The molecule has 9 heteroatoms. The van der Waals surface area contributed by atoms with Gasteiger partial charge in [0.05, 0.1) is 32.0 Å². The highest BCUT2D eigenvalue weighted by Crippen LogP contribution is 2.29. The summed E-state index contributed by atoms with van der Waals surface area (Å²) >= 11 is 0. The Morgan fingerprint density at radius 2 is 1.23 bits per heavy atom. The van der Waals surface area contributed by atoms with Gasteiger partial charge in [0.2, 0.25) is 9.84 Å². The molecule has 2 heterocycles. The van der Waals surface area contributed by atoms with Crippen molar-refractivity contribution in [1.29, 1.82) is 0 Å². The summed E-state index contributed by atoms with van der Waals surface area (Å²) < 4.78 is 25.7. The van der Waals surface area contributed by atoms with Crippen LogP contribution in [0.1, 0.15) is 41.4 Å². The number of carbonyl (C=O) groups is 4. The molecule has 0 unspecified atom stereocenters. The van der Waals surface area contributed by atoms with E-state index in [0.29, 0.717) is 0 Å². The average Bonchev–Trinajstić information content (AvgIpc) is 3.03. The molecule has 0 bridgehead atoms. The van der Waals surface area contributed by atoms with Gasteiger partial charge < -0.3 is 0 Å². The van der Waals surface area contributed by atoms with Gasteiger partial charge in [-0.15, -0.1) is 0 Å². The lowest BCUT2D eigenvalue weighted by atomic mass is 10.1. The Bertz CT molecular complexity index is 1170. The number of rotatable bonds is 2. The Labute approximate surface area is 147 Å². The Balaban J connectivity index is 1.84.